The second-order valence-corrected chi connectivity index (χ2v) is 24.9. The predicted molar refractivity (Wildman–Crippen MR) is 305 cm³/mol. The van der Waals surface area contributed by atoms with Crippen molar-refractivity contribution in [1.82, 2.24) is 0 Å². The van der Waals surface area contributed by atoms with Gasteiger partial charge in [0.15, 0.2) is 0 Å². The Labute approximate surface area is 494 Å². The molecule has 39 heteroatoms. The summed E-state index contributed by atoms with van der Waals surface area (Å²) in [5.74, 6) is -1.20. The van der Waals surface area contributed by atoms with Gasteiger partial charge in [0.1, 0.15) is 73.5 Å². The van der Waals surface area contributed by atoms with Gasteiger partial charge in [0.05, 0.1) is 90.6 Å². The third-order valence-electron chi connectivity index (χ3n) is 10.9. The van der Waals surface area contributed by atoms with Gasteiger partial charge in [0, 0.05) is 48.4 Å². The molecule has 0 aromatic heterocycles. The van der Waals surface area contributed by atoms with Crippen molar-refractivity contribution in [3.05, 3.63) is 97.1 Å². The number of hydrogen-bond acceptors (Lipinski definition) is 27. The minimum atomic E-state index is -5.13. The van der Waals surface area contributed by atoms with Gasteiger partial charge in [0.2, 0.25) is 0 Å². The molecule has 0 spiro atoms. The van der Waals surface area contributed by atoms with E-state index >= 15 is 0 Å². The number of amides is 2. The summed E-state index contributed by atoms with van der Waals surface area (Å²) >= 11 is 0.141. The molecular weight excluding hydrogens is 1260 g/mol. The Hall–Kier alpha value is -8.35. The lowest BCUT2D eigenvalue weighted by molar-refractivity contribution is 0.262. The van der Waals surface area contributed by atoms with Crippen LogP contribution in [0.5, 0.6) is 34.5 Å². The second-order valence-electron chi connectivity index (χ2n) is 16.9. The Morgan fingerprint density at radius 3 is 1.21 bits per heavy atom. The highest BCUT2D eigenvalue weighted by molar-refractivity contribution is 7.94. The van der Waals surface area contributed by atoms with E-state index in [0.29, 0.717) is 6.07 Å². The number of carbonyl (C=O) groups excluding carboxylic acids is 1. The summed E-state index contributed by atoms with van der Waals surface area (Å²) in [6.07, 6.45) is -0.357. The average Bonchev–Trinajstić information content (AvgIpc) is 1.30. The van der Waals surface area contributed by atoms with Gasteiger partial charge in [0.25, 0.3) is 50.6 Å². The molecular formula is C47H48N10O23S6. The lowest BCUT2D eigenvalue weighted by Crippen LogP contribution is -2.20. The van der Waals surface area contributed by atoms with Crippen LogP contribution in [-0.2, 0) is 50.6 Å². The zero-order valence-electron chi connectivity index (χ0n) is 44.6. The topological polar surface area (TPSA) is 487 Å². The first-order chi connectivity index (χ1) is 40.4. The molecule has 0 unspecified atom stereocenters. The molecule has 0 aliphatic carbocycles. The van der Waals surface area contributed by atoms with Crippen molar-refractivity contribution >= 4 is 126 Å². The first-order valence-electron chi connectivity index (χ1n) is 23.6. The molecule has 6 aromatic rings. The van der Waals surface area contributed by atoms with Crippen LogP contribution in [0.15, 0.2) is 158 Å². The molecule has 8 N–H and O–H groups in total. The van der Waals surface area contributed by atoms with Crippen LogP contribution < -0.4 is 39.1 Å². The molecule has 2 amide bonds. The van der Waals surface area contributed by atoms with Gasteiger partial charge in [-0.2, -0.15) is 52.3 Å². The predicted octanol–water partition coefficient (Wildman–Crippen LogP) is 10.6. The second kappa shape index (κ2) is 28.7. The highest BCUT2D eigenvalue weighted by Crippen LogP contribution is 2.43. The number of benzene rings is 6. The molecule has 0 saturated heterocycles. The highest BCUT2D eigenvalue weighted by atomic mass is 32.2. The molecule has 6 aromatic carbocycles. The number of azo groups is 4. The Morgan fingerprint density at radius 2 is 0.814 bits per heavy atom. The van der Waals surface area contributed by atoms with Crippen LogP contribution in [0.3, 0.4) is 0 Å². The van der Waals surface area contributed by atoms with Crippen LogP contribution in [-0.4, -0.2) is 129 Å². The number of methoxy groups -OCH3 is 4. The van der Waals surface area contributed by atoms with E-state index < -0.39 is 88.5 Å². The van der Waals surface area contributed by atoms with Gasteiger partial charge in [-0.1, -0.05) is 0 Å². The van der Waals surface area contributed by atoms with Crippen molar-refractivity contribution < 1.29 is 103 Å². The van der Waals surface area contributed by atoms with E-state index in [-0.39, 0.29) is 129 Å². The van der Waals surface area contributed by atoms with Crippen LogP contribution in [0.2, 0.25) is 0 Å². The number of hydrogen-bond donors (Lipinski definition) is 8. The lowest BCUT2D eigenvalue weighted by Gasteiger charge is -2.16. The summed E-state index contributed by atoms with van der Waals surface area (Å²) in [5, 5.41) is 38.2. The lowest BCUT2D eigenvalue weighted by atomic mass is 10.2. The number of nitrogens with one attached hydrogen (secondary N) is 2. The third-order valence-corrected chi connectivity index (χ3v) is 15.6. The zero-order valence-corrected chi connectivity index (χ0v) is 49.5. The number of carbonyl (C=O) groups is 1. The maximum Gasteiger partial charge on any atom is 0.323 e. The smallest absolute Gasteiger partial charge is 0.323 e. The van der Waals surface area contributed by atoms with E-state index in [2.05, 4.69) is 51.5 Å². The number of anilines is 2. The SMILES string of the molecule is COc1cc(NC(=O)Nc2cc(OC)c(N=Nc3ccc(N=Nc4ccc(S(=O)(=O)O)cc4S(=O)(=O)O)c(OCCCS(=O)(=O)O)c3)cc2OC)c(OC)cc1N=Nc1ccc(N=Nc2ccc(S(=O)(=O)O)cc2SO)c(OCCCS(=O)(=O)O)c1. The molecule has 0 bridgehead atoms. The molecule has 0 radical (unpaired) electrons. The molecule has 33 nitrogen and oxygen atoms in total. The van der Waals surface area contributed by atoms with Crippen molar-refractivity contribution in [2.24, 2.45) is 40.9 Å². The summed E-state index contributed by atoms with van der Waals surface area (Å²) in [6.45, 7) is -0.558. The molecule has 460 valence electrons. The molecule has 6 rings (SSSR count). The monoisotopic (exact) mass is 1310 g/mol. The fourth-order valence-electron chi connectivity index (χ4n) is 6.96. The van der Waals surface area contributed by atoms with E-state index in [1.54, 1.807) is 0 Å². The van der Waals surface area contributed by atoms with Gasteiger partial charge in [-0.25, -0.2) is 4.79 Å². The summed E-state index contributed by atoms with van der Waals surface area (Å²) in [4.78, 5) is 11.1. The van der Waals surface area contributed by atoms with Crippen LogP contribution in [0.4, 0.5) is 61.7 Å². The molecule has 0 fully saturated rings. The van der Waals surface area contributed by atoms with Crippen LogP contribution >= 0.6 is 12.0 Å². The fourth-order valence-corrected chi connectivity index (χ4v) is 10.1. The number of ether oxygens (including phenoxy) is 6. The summed E-state index contributed by atoms with van der Waals surface area (Å²) in [7, 11) is -18.1. The maximum atomic E-state index is 13.6. The summed E-state index contributed by atoms with van der Waals surface area (Å²) in [5.41, 5.74) is -0.138. The van der Waals surface area contributed by atoms with Crippen molar-refractivity contribution in [1.29, 1.82) is 0 Å². The Kier molecular flexibility index (Phi) is 22.3. The Morgan fingerprint density at radius 1 is 0.430 bits per heavy atom. The van der Waals surface area contributed by atoms with Crippen molar-refractivity contribution in [3.8, 4) is 34.5 Å². The van der Waals surface area contributed by atoms with E-state index in [0.717, 1.165) is 24.3 Å². The number of urea groups is 1. The molecule has 0 aliphatic rings. The zero-order chi connectivity index (χ0) is 63.2. The minimum Gasteiger partial charge on any atom is -0.494 e. The quantitative estimate of drug-likeness (QED) is 0.00979. The van der Waals surface area contributed by atoms with E-state index in [4.69, 9.17) is 28.4 Å². The molecule has 0 saturated carbocycles. The van der Waals surface area contributed by atoms with Crippen LogP contribution in [0.1, 0.15) is 12.8 Å². The largest absolute Gasteiger partial charge is 0.494 e. The summed E-state index contributed by atoms with van der Waals surface area (Å²) < 4.78 is 206. The molecule has 0 aliphatic heterocycles. The van der Waals surface area contributed by atoms with Crippen LogP contribution in [0.25, 0.3) is 0 Å². The number of rotatable bonds is 28. The minimum absolute atomic E-state index is 0.00192. The van der Waals surface area contributed by atoms with Gasteiger partial charge in [-0.3, -0.25) is 22.8 Å². The van der Waals surface area contributed by atoms with E-state index in [1.807, 2.05) is 0 Å². The first kappa shape index (κ1) is 66.8. The van der Waals surface area contributed by atoms with Gasteiger partial charge in [-0.05, 0) is 73.5 Å². The van der Waals surface area contributed by atoms with Crippen LogP contribution in [0, 0.1) is 0 Å². The van der Waals surface area contributed by atoms with Gasteiger partial charge in [-0.15, -0.1) is 30.7 Å². The standard InChI is InChI=1S/C47H48N10O23S6/c1-75-39-25-37(56-50-27-7-11-31(43(19-27)79-15-5-17-82(60,61)62)52-54-33-13-9-29(84(66,67)68)21-45(33)81-59)41(77-3)23-35(39)48-47(58)49-36-24-42(78-4)38(26-40(36)76-2)57-51-28-8-12-32(44(20-28)80-16-6-18-83(63,64)65)53-55-34-14-10-30(85(69,70)71)22-46(34)86(72,73)74/h7-14,19-26,59H,5-6,15-18H2,1-4H3,(H2,48,49,58)(H,60,61,62)(H,63,64,65)(H,66,67,68)(H,69,70,71)(H,72,73,74). The highest BCUT2D eigenvalue weighted by Gasteiger charge is 2.23. The Balaban J connectivity index is 1.22. The Bertz CT molecular complexity index is 4250. The van der Waals surface area contributed by atoms with Crippen molar-refractivity contribution in [2.45, 2.75) is 32.4 Å². The first-order valence-corrected chi connectivity index (χ1v) is 32.0. The fraction of sp³-hybridized carbons (Fsp3) is 0.213. The maximum absolute atomic E-state index is 13.6. The third kappa shape index (κ3) is 19.3. The van der Waals surface area contributed by atoms with Gasteiger partial charge >= 0.3 is 6.03 Å². The van der Waals surface area contributed by atoms with Gasteiger partial charge < -0.3 is 43.6 Å². The number of nitrogens with zero attached hydrogens (tertiary/aromatic N) is 8. The van der Waals surface area contributed by atoms with E-state index in [9.17, 15) is 74.2 Å². The van der Waals surface area contributed by atoms with Crippen molar-refractivity contribution in [3.63, 3.8) is 0 Å². The summed E-state index contributed by atoms with van der Waals surface area (Å²) in [6, 6.07) is 18.0. The molecule has 0 heterocycles. The molecule has 0 atom stereocenters. The normalized spacial score (nSPS) is 12.5. The van der Waals surface area contributed by atoms with E-state index in [1.165, 1.54) is 95.2 Å². The average molecular weight is 1310 g/mol. The molecule has 86 heavy (non-hydrogen) atoms. The van der Waals surface area contributed by atoms with Crippen molar-refractivity contribution in [2.75, 3.05) is 63.8 Å².